The fourth-order valence-corrected chi connectivity index (χ4v) is 4.29. The Labute approximate surface area is 140 Å². The summed E-state index contributed by atoms with van der Waals surface area (Å²) in [5, 5.41) is 0. The van der Waals surface area contributed by atoms with Crippen LogP contribution < -0.4 is 0 Å². The molecule has 1 aromatic rings. The molecule has 1 amide bonds. The van der Waals surface area contributed by atoms with Crippen molar-refractivity contribution in [3.63, 3.8) is 0 Å². The van der Waals surface area contributed by atoms with Crippen molar-refractivity contribution in [2.45, 2.75) is 76.5 Å². The summed E-state index contributed by atoms with van der Waals surface area (Å²) in [6, 6.07) is 11.0. The SMILES string of the molecule is CC[C@@H]1CC[C@H](C(=O)N2CCC[C@@H]2[C@H](CC)c2ccccc2)O1. The molecule has 2 aliphatic heterocycles. The fourth-order valence-electron chi connectivity index (χ4n) is 4.29. The zero-order valence-corrected chi connectivity index (χ0v) is 14.4. The molecule has 0 saturated carbocycles. The molecule has 3 rings (SSSR count). The van der Waals surface area contributed by atoms with E-state index in [1.165, 1.54) is 5.56 Å². The first kappa shape index (κ1) is 16.5. The molecule has 0 spiro atoms. The van der Waals surface area contributed by atoms with Gasteiger partial charge in [0.05, 0.1) is 6.10 Å². The highest BCUT2D eigenvalue weighted by atomic mass is 16.5. The summed E-state index contributed by atoms with van der Waals surface area (Å²) in [4.78, 5) is 15.1. The molecule has 4 atom stereocenters. The van der Waals surface area contributed by atoms with E-state index in [1.807, 2.05) is 0 Å². The molecular weight excluding hydrogens is 286 g/mol. The van der Waals surface area contributed by atoms with Crippen molar-refractivity contribution in [3.8, 4) is 0 Å². The Kier molecular flexibility index (Phi) is 5.37. The van der Waals surface area contributed by atoms with Crippen LogP contribution in [0.2, 0.25) is 0 Å². The van der Waals surface area contributed by atoms with Crippen LogP contribution >= 0.6 is 0 Å². The summed E-state index contributed by atoms with van der Waals surface area (Å²) >= 11 is 0. The lowest BCUT2D eigenvalue weighted by Crippen LogP contribution is -2.44. The molecule has 0 unspecified atom stereocenters. The third-order valence-electron chi connectivity index (χ3n) is 5.55. The molecule has 2 fully saturated rings. The van der Waals surface area contributed by atoms with Gasteiger partial charge in [-0.05, 0) is 44.1 Å². The number of carbonyl (C=O) groups excluding carboxylic acids is 1. The summed E-state index contributed by atoms with van der Waals surface area (Å²) < 4.78 is 5.96. The highest BCUT2D eigenvalue weighted by Gasteiger charge is 2.40. The van der Waals surface area contributed by atoms with Crippen molar-refractivity contribution in [1.82, 2.24) is 4.90 Å². The highest BCUT2D eigenvalue weighted by Crippen LogP contribution is 2.35. The van der Waals surface area contributed by atoms with Crippen LogP contribution in [0.4, 0.5) is 0 Å². The lowest BCUT2D eigenvalue weighted by Gasteiger charge is -2.33. The Morgan fingerprint density at radius 3 is 2.65 bits per heavy atom. The Bertz CT molecular complexity index is 516. The van der Waals surface area contributed by atoms with Crippen molar-refractivity contribution in [1.29, 1.82) is 0 Å². The average molecular weight is 315 g/mol. The number of rotatable bonds is 5. The molecule has 2 aliphatic rings. The van der Waals surface area contributed by atoms with Crippen LogP contribution in [0, 0.1) is 0 Å². The maximum Gasteiger partial charge on any atom is 0.251 e. The lowest BCUT2D eigenvalue weighted by molar-refractivity contribution is -0.144. The number of hydrogen-bond donors (Lipinski definition) is 0. The Hall–Kier alpha value is -1.35. The predicted octanol–water partition coefficient (Wildman–Crippen LogP) is 4.13. The zero-order valence-electron chi connectivity index (χ0n) is 14.4. The smallest absolute Gasteiger partial charge is 0.251 e. The Morgan fingerprint density at radius 2 is 2.00 bits per heavy atom. The minimum atomic E-state index is -0.200. The molecule has 0 N–H and O–H groups in total. The third kappa shape index (κ3) is 3.45. The van der Waals surface area contributed by atoms with E-state index in [2.05, 4.69) is 49.1 Å². The van der Waals surface area contributed by atoms with E-state index < -0.39 is 0 Å². The summed E-state index contributed by atoms with van der Waals surface area (Å²) in [6.45, 7) is 5.26. The van der Waals surface area contributed by atoms with Gasteiger partial charge in [-0.25, -0.2) is 0 Å². The standard InChI is InChI=1S/C20H29NO2/c1-3-16-12-13-19(23-16)20(22)21-14-8-11-18(21)17(4-2)15-9-6-5-7-10-15/h5-7,9-10,16-19H,3-4,8,11-14H2,1-2H3/t16-,17-,18-,19-/m1/s1. The largest absolute Gasteiger partial charge is 0.365 e. The van der Waals surface area contributed by atoms with E-state index >= 15 is 0 Å². The van der Waals surface area contributed by atoms with Gasteiger partial charge in [-0.3, -0.25) is 4.79 Å². The van der Waals surface area contributed by atoms with Crippen LogP contribution in [-0.4, -0.2) is 35.6 Å². The first-order chi connectivity index (χ1) is 11.2. The van der Waals surface area contributed by atoms with Crippen LogP contribution in [0.25, 0.3) is 0 Å². The van der Waals surface area contributed by atoms with Gasteiger partial charge in [0.15, 0.2) is 0 Å². The Morgan fingerprint density at radius 1 is 1.22 bits per heavy atom. The van der Waals surface area contributed by atoms with Crippen molar-refractivity contribution in [2.75, 3.05) is 6.54 Å². The number of likely N-dealkylation sites (tertiary alicyclic amines) is 1. The summed E-state index contributed by atoms with van der Waals surface area (Å²) in [5.74, 6) is 0.670. The molecule has 0 aromatic heterocycles. The second-order valence-corrected chi connectivity index (χ2v) is 6.90. The van der Waals surface area contributed by atoms with Gasteiger partial charge in [-0.1, -0.05) is 44.2 Å². The quantitative estimate of drug-likeness (QED) is 0.817. The molecule has 3 heteroatoms. The van der Waals surface area contributed by atoms with Crippen LogP contribution in [0.5, 0.6) is 0 Å². The number of ether oxygens (including phenoxy) is 1. The first-order valence-electron chi connectivity index (χ1n) is 9.25. The van der Waals surface area contributed by atoms with Crippen LogP contribution in [0.1, 0.15) is 63.9 Å². The van der Waals surface area contributed by atoms with Gasteiger partial charge >= 0.3 is 0 Å². The van der Waals surface area contributed by atoms with Crippen molar-refractivity contribution < 1.29 is 9.53 Å². The molecule has 2 saturated heterocycles. The molecule has 2 heterocycles. The minimum absolute atomic E-state index is 0.200. The molecule has 0 bridgehead atoms. The third-order valence-corrected chi connectivity index (χ3v) is 5.55. The summed E-state index contributed by atoms with van der Waals surface area (Å²) in [5.41, 5.74) is 1.36. The zero-order chi connectivity index (χ0) is 16.2. The van der Waals surface area contributed by atoms with Gasteiger partial charge in [0.2, 0.25) is 0 Å². The fraction of sp³-hybridized carbons (Fsp3) is 0.650. The molecule has 0 aliphatic carbocycles. The average Bonchev–Trinajstić information content (AvgIpc) is 3.25. The molecule has 23 heavy (non-hydrogen) atoms. The summed E-state index contributed by atoms with van der Waals surface area (Å²) in [7, 11) is 0. The van der Waals surface area contributed by atoms with Crippen LogP contribution in [0.3, 0.4) is 0 Å². The van der Waals surface area contributed by atoms with Gasteiger partial charge in [0.1, 0.15) is 6.10 Å². The number of hydrogen-bond acceptors (Lipinski definition) is 2. The second-order valence-electron chi connectivity index (χ2n) is 6.90. The molecule has 126 valence electrons. The highest BCUT2D eigenvalue weighted by molar-refractivity contribution is 5.82. The number of benzene rings is 1. The van der Waals surface area contributed by atoms with E-state index in [0.29, 0.717) is 12.0 Å². The van der Waals surface area contributed by atoms with E-state index in [0.717, 1.165) is 45.1 Å². The number of amides is 1. The normalized spacial score (nSPS) is 29.0. The van der Waals surface area contributed by atoms with Crippen molar-refractivity contribution >= 4 is 5.91 Å². The topological polar surface area (TPSA) is 29.5 Å². The van der Waals surface area contributed by atoms with E-state index in [4.69, 9.17) is 4.74 Å². The van der Waals surface area contributed by atoms with Crippen molar-refractivity contribution in [3.05, 3.63) is 35.9 Å². The van der Waals surface area contributed by atoms with Gasteiger partial charge in [0, 0.05) is 18.5 Å². The molecule has 0 radical (unpaired) electrons. The molecular formula is C20H29NO2. The molecule has 3 nitrogen and oxygen atoms in total. The first-order valence-corrected chi connectivity index (χ1v) is 9.25. The Balaban J connectivity index is 1.73. The van der Waals surface area contributed by atoms with E-state index in [-0.39, 0.29) is 18.1 Å². The van der Waals surface area contributed by atoms with Crippen LogP contribution in [-0.2, 0) is 9.53 Å². The van der Waals surface area contributed by atoms with Gasteiger partial charge in [-0.2, -0.15) is 0 Å². The lowest BCUT2D eigenvalue weighted by atomic mass is 9.87. The maximum atomic E-state index is 13.0. The maximum absolute atomic E-state index is 13.0. The van der Waals surface area contributed by atoms with Crippen LogP contribution in [0.15, 0.2) is 30.3 Å². The molecule has 1 aromatic carbocycles. The number of nitrogens with zero attached hydrogens (tertiary/aromatic N) is 1. The second kappa shape index (κ2) is 7.48. The monoisotopic (exact) mass is 315 g/mol. The predicted molar refractivity (Wildman–Crippen MR) is 92.4 cm³/mol. The van der Waals surface area contributed by atoms with E-state index in [1.54, 1.807) is 0 Å². The van der Waals surface area contributed by atoms with Gasteiger partial charge < -0.3 is 9.64 Å². The van der Waals surface area contributed by atoms with Crippen molar-refractivity contribution in [2.24, 2.45) is 0 Å². The minimum Gasteiger partial charge on any atom is -0.365 e. The van der Waals surface area contributed by atoms with Gasteiger partial charge in [0.25, 0.3) is 5.91 Å². The van der Waals surface area contributed by atoms with Gasteiger partial charge in [-0.15, -0.1) is 0 Å². The number of carbonyl (C=O) groups is 1. The summed E-state index contributed by atoms with van der Waals surface area (Å²) in [6.07, 6.45) is 6.31. The van der Waals surface area contributed by atoms with E-state index in [9.17, 15) is 4.79 Å².